The smallest absolute Gasteiger partial charge is 0.338 e. The molecule has 0 spiro atoms. The summed E-state index contributed by atoms with van der Waals surface area (Å²) in [5.41, 5.74) is 1.35. The molecule has 0 fully saturated rings. The molecule has 0 heterocycles. The lowest BCUT2D eigenvalue weighted by Crippen LogP contribution is -2.11. The van der Waals surface area contributed by atoms with Crippen molar-refractivity contribution in [1.82, 2.24) is 0 Å². The molecule has 0 aliphatic heterocycles. The van der Waals surface area contributed by atoms with Crippen LogP contribution in [0.1, 0.15) is 29.3 Å². The van der Waals surface area contributed by atoms with Crippen molar-refractivity contribution in [1.29, 1.82) is 0 Å². The molecule has 0 radical (unpaired) electrons. The van der Waals surface area contributed by atoms with Gasteiger partial charge in [-0.25, -0.2) is 4.79 Å². The molecule has 4 heteroatoms. The zero-order valence-electron chi connectivity index (χ0n) is 10.8. The molecule has 0 aliphatic carbocycles. The Kier molecular flexibility index (Phi) is 5.67. The summed E-state index contributed by atoms with van der Waals surface area (Å²) in [7, 11) is 0. The highest BCUT2D eigenvalue weighted by molar-refractivity contribution is 5.91. The number of Topliss-reactive ketones (excluding diaryl/α,β-unsaturated/α-hetero) is 1. The van der Waals surface area contributed by atoms with Crippen LogP contribution in [0.4, 0.5) is 0 Å². The average molecular weight is 260 g/mol. The Morgan fingerprint density at radius 1 is 1.21 bits per heavy atom. The number of allylic oxidation sites excluding steroid dienone is 1. The third-order valence-electron chi connectivity index (χ3n) is 2.48. The topological polar surface area (TPSA) is 60.4 Å². The molecule has 1 aromatic carbocycles. The zero-order valence-corrected chi connectivity index (χ0v) is 10.8. The molecule has 0 atom stereocenters. The third kappa shape index (κ3) is 5.29. The van der Waals surface area contributed by atoms with E-state index in [1.165, 1.54) is 13.0 Å². The normalized spacial score (nSPS) is 9.74. The molecule has 100 valence electrons. The van der Waals surface area contributed by atoms with Gasteiger partial charge in [-0.05, 0) is 37.1 Å². The van der Waals surface area contributed by atoms with E-state index in [0.29, 0.717) is 18.4 Å². The second kappa shape index (κ2) is 7.26. The Morgan fingerprint density at radius 2 is 1.84 bits per heavy atom. The van der Waals surface area contributed by atoms with Gasteiger partial charge in [-0.3, -0.25) is 9.59 Å². The number of hydrogen-bond donors (Lipinski definition) is 0. The lowest BCUT2D eigenvalue weighted by Gasteiger charge is -2.04. The molecule has 0 aliphatic rings. The zero-order chi connectivity index (χ0) is 14.3. The maximum absolute atomic E-state index is 11.5. The van der Waals surface area contributed by atoms with Crippen LogP contribution >= 0.6 is 0 Å². The summed E-state index contributed by atoms with van der Waals surface area (Å²) in [6.45, 7) is 4.55. The minimum absolute atomic E-state index is 0.00931. The maximum Gasteiger partial charge on any atom is 0.338 e. The van der Waals surface area contributed by atoms with Gasteiger partial charge in [-0.2, -0.15) is 0 Å². The van der Waals surface area contributed by atoms with Crippen molar-refractivity contribution in [2.75, 3.05) is 6.61 Å². The van der Waals surface area contributed by atoms with Gasteiger partial charge in [-0.1, -0.05) is 18.7 Å². The summed E-state index contributed by atoms with van der Waals surface area (Å²) in [6, 6.07) is 6.77. The second-order valence-electron chi connectivity index (χ2n) is 4.15. The maximum atomic E-state index is 11.5. The van der Waals surface area contributed by atoms with E-state index in [1.54, 1.807) is 24.3 Å². The predicted molar refractivity (Wildman–Crippen MR) is 70.9 cm³/mol. The van der Waals surface area contributed by atoms with Crippen LogP contribution in [-0.2, 0) is 20.7 Å². The molecule has 4 nitrogen and oxygen atoms in total. The van der Waals surface area contributed by atoms with Crippen LogP contribution in [-0.4, -0.2) is 24.1 Å². The van der Waals surface area contributed by atoms with Crippen molar-refractivity contribution < 1.29 is 19.1 Å². The molecule has 0 N–H and O–H groups in total. The van der Waals surface area contributed by atoms with Crippen LogP contribution in [0.3, 0.4) is 0 Å². The highest BCUT2D eigenvalue weighted by atomic mass is 16.5. The minimum Gasteiger partial charge on any atom is -0.454 e. The van der Waals surface area contributed by atoms with Gasteiger partial charge in [0.25, 0.3) is 0 Å². The van der Waals surface area contributed by atoms with Crippen molar-refractivity contribution in [3.05, 3.63) is 48.0 Å². The van der Waals surface area contributed by atoms with Crippen LogP contribution in [0.15, 0.2) is 36.9 Å². The number of rotatable bonds is 7. The number of esters is 1. The SMILES string of the molecule is C=CC(=O)CCc1ccc(C(=O)OCC(C)=O)cc1. The molecule has 0 aromatic heterocycles. The van der Waals surface area contributed by atoms with E-state index < -0.39 is 5.97 Å². The van der Waals surface area contributed by atoms with E-state index in [9.17, 15) is 14.4 Å². The number of hydrogen-bond acceptors (Lipinski definition) is 4. The van der Waals surface area contributed by atoms with E-state index in [2.05, 4.69) is 6.58 Å². The number of ketones is 2. The third-order valence-corrected chi connectivity index (χ3v) is 2.48. The Bertz CT molecular complexity index is 485. The van der Waals surface area contributed by atoms with Crippen LogP contribution in [0, 0.1) is 0 Å². The molecular formula is C15H16O4. The van der Waals surface area contributed by atoms with Crippen LogP contribution < -0.4 is 0 Å². The molecular weight excluding hydrogens is 244 g/mol. The quantitative estimate of drug-likeness (QED) is 0.556. The van der Waals surface area contributed by atoms with Gasteiger partial charge in [0.1, 0.15) is 6.61 Å². The number of benzene rings is 1. The fourth-order valence-electron chi connectivity index (χ4n) is 1.43. The Hall–Kier alpha value is -2.23. The first-order valence-corrected chi connectivity index (χ1v) is 5.93. The summed E-state index contributed by atoms with van der Waals surface area (Å²) in [6.07, 6.45) is 2.30. The van der Waals surface area contributed by atoms with E-state index in [1.807, 2.05) is 0 Å². The lowest BCUT2D eigenvalue weighted by atomic mass is 10.1. The molecule has 0 saturated heterocycles. The molecule has 0 saturated carbocycles. The molecule has 0 bridgehead atoms. The van der Waals surface area contributed by atoms with Crippen molar-refractivity contribution in [3.8, 4) is 0 Å². The highest BCUT2D eigenvalue weighted by Gasteiger charge is 2.08. The van der Waals surface area contributed by atoms with Gasteiger partial charge in [0.15, 0.2) is 11.6 Å². The van der Waals surface area contributed by atoms with E-state index in [4.69, 9.17) is 4.74 Å². The van der Waals surface area contributed by atoms with Gasteiger partial charge in [-0.15, -0.1) is 0 Å². The first-order chi connectivity index (χ1) is 9.02. The van der Waals surface area contributed by atoms with E-state index in [0.717, 1.165) is 5.56 Å². The van der Waals surface area contributed by atoms with Crippen LogP contribution in [0.2, 0.25) is 0 Å². The van der Waals surface area contributed by atoms with Gasteiger partial charge in [0.2, 0.25) is 0 Å². The van der Waals surface area contributed by atoms with E-state index >= 15 is 0 Å². The largest absolute Gasteiger partial charge is 0.454 e. The molecule has 0 amide bonds. The molecule has 19 heavy (non-hydrogen) atoms. The van der Waals surface area contributed by atoms with Crippen molar-refractivity contribution >= 4 is 17.5 Å². The van der Waals surface area contributed by atoms with Crippen LogP contribution in [0.25, 0.3) is 0 Å². The Balaban J connectivity index is 2.55. The molecule has 1 rings (SSSR count). The first kappa shape index (κ1) is 14.8. The van der Waals surface area contributed by atoms with Gasteiger partial charge in [0, 0.05) is 6.42 Å². The average Bonchev–Trinajstić information content (AvgIpc) is 2.42. The number of aryl methyl sites for hydroxylation is 1. The monoisotopic (exact) mass is 260 g/mol. The summed E-state index contributed by atoms with van der Waals surface area (Å²) >= 11 is 0. The lowest BCUT2D eigenvalue weighted by molar-refractivity contribution is -0.120. The minimum atomic E-state index is -0.524. The number of carbonyl (C=O) groups is 3. The predicted octanol–water partition coefficient (Wildman–Crippen LogP) is 2.12. The highest BCUT2D eigenvalue weighted by Crippen LogP contribution is 2.08. The summed E-state index contributed by atoms with van der Waals surface area (Å²) in [5.74, 6) is -0.734. The number of ether oxygens (including phenoxy) is 1. The molecule has 1 aromatic rings. The standard InChI is InChI=1S/C15H16O4/c1-3-14(17)9-6-12-4-7-13(8-5-12)15(18)19-10-11(2)16/h3-5,7-8H,1,6,9-10H2,2H3. The Labute approximate surface area is 112 Å². The summed E-state index contributed by atoms with van der Waals surface area (Å²) in [4.78, 5) is 33.3. The van der Waals surface area contributed by atoms with Crippen LogP contribution in [0.5, 0.6) is 0 Å². The fraction of sp³-hybridized carbons (Fsp3) is 0.267. The fourth-order valence-corrected chi connectivity index (χ4v) is 1.43. The molecule has 0 unspecified atom stereocenters. The van der Waals surface area contributed by atoms with Crippen molar-refractivity contribution in [2.24, 2.45) is 0 Å². The van der Waals surface area contributed by atoms with Crippen molar-refractivity contribution in [2.45, 2.75) is 19.8 Å². The van der Waals surface area contributed by atoms with Gasteiger partial charge >= 0.3 is 5.97 Å². The van der Waals surface area contributed by atoms with Gasteiger partial charge < -0.3 is 4.74 Å². The number of carbonyl (C=O) groups excluding carboxylic acids is 3. The second-order valence-corrected chi connectivity index (χ2v) is 4.15. The van der Waals surface area contributed by atoms with Crippen molar-refractivity contribution in [3.63, 3.8) is 0 Å². The summed E-state index contributed by atoms with van der Waals surface area (Å²) in [5, 5.41) is 0. The summed E-state index contributed by atoms with van der Waals surface area (Å²) < 4.78 is 4.79. The Morgan fingerprint density at radius 3 is 2.37 bits per heavy atom. The van der Waals surface area contributed by atoms with E-state index in [-0.39, 0.29) is 18.2 Å². The van der Waals surface area contributed by atoms with Gasteiger partial charge in [0.05, 0.1) is 5.56 Å². The first-order valence-electron chi connectivity index (χ1n) is 5.93.